The molecule has 1 amide bonds. The zero-order chi connectivity index (χ0) is 21.2. The highest BCUT2D eigenvalue weighted by molar-refractivity contribution is 6.08. The predicted octanol–water partition coefficient (Wildman–Crippen LogP) is 1.94. The quantitative estimate of drug-likeness (QED) is 0.726. The van der Waals surface area contributed by atoms with E-state index in [9.17, 15) is 4.79 Å². The van der Waals surface area contributed by atoms with E-state index < -0.39 is 0 Å². The summed E-state index contributed by atoms with van der Waals surface area (Å²) >= 11 is 0. The van der Waals surface area contributed by atoms with Crippen LogP contribution in [0.5, 0.6) is 0 Å². The second kappa shape index (κ2) is 7.07. The monoisotopic (exact) mass is 421 g/mol. The summed E-state index contributed by atoms with van der Waals surface area (Å²) in [6.45, 7) is 8.98. The van der Waals surface area contributed by atoms with E-state index in [-0.39, 0.29) is 17.5 Å². The van der Waals surface area contributed by atoms with Crippen LogP contribution >= 0.6 is 0 Å². The van der Waals surface area contributed by atoms with E-state index >= 15 is 0 Å². The van der Waals surface area contributed by atoms with Crippen LogP contribution in [0.4, 0.5) is 0 Å². The highest BCUT2D eigenvalue weighted by atomic mass is 16.5. The van der Waals surface area contributed by atoms with E-state index in [2.05, 4.69) is 53.7 Å². The third-order valence-electron chi connectivity index (χ3n) is 7.99. The van der Waals surface area contributed by atoms with Gasteiger partial charge in [0.1, 0.15) is 17.2 Å². The van der Waals surface area contributed by atoms with Gasteiger partial charge in [0.25, 0.3) is 5.91 Å². The summed E-state index contributed by atoms with van der Waals surface area (Å²) in [5.41, 5.74) is 3.28. The molecule has 0 aromatic carbocycles. The maximum absolute atomic E-state index is 13.0. The summed E-state index contributed by atoms with van der Waals surface area (Å²) in [5.74, 6) is 2.41. The molecular formula is C24H31N5O2. The first-order chi connectivity index (χ1) is 15.0. The molecule has 164 valence electrons. The number of fused-ring (bicyclic) bond motifs is 2. The van der Waals surface area contributed by atoms with Crippen LogP contribution in [0, 0.1) is 23.7 Å². The molecule has 0 aromatic rings. The molecule has 4 atom stereocenters. The molecule has 0 aromatic heterocycles. The van der Waals surface area contributed by atoms with E-state index in [4.69, 9.17) is 9.84 Å². The van der Waals surface area contributed by atoms with Crippen LogP contribution < -0.4 is 10.6 Å². The molecule has 6 aliphatic rings. The van der Waals surface area contributed by atoms with Crippen LogP contribution in [0.25, 0.3) is 0 Å². The van der Waals surface area contributed by atoms with E-state index in [1.807, 2.05) is 11.2 Å². The van der Waals surface area contributed by atoms with Gasteiger partial charge in [-0.2, -0.15) is 5.10 Å². The van der Waals surface area contributed by atoms with Gasteiger partial charge in [-0.3, -0.25) is 9.69 Å². The standard InChI is InChI=1S/C24H31N5O2/c1-15-12-28(14-20-17-5-3-4-6-18(17)20)13-19(15)22-26-23(30)21-11-25-24(2,29(21)27-22)16-7-9-31-10-8-16/h3-6,11,15-17,19,25H,7-10,12-14H2,1-2H3,(H,26,27,30)/t15?,17-,19?,24-/m0/s1. The van der Waals surface area contributed by atoms with E-state index in [1.54, 1.807) is 5.57 Å². The Morgan fingerprint density at radius 3 is 2.87 bits per heavy atom. The summed E-state index contributed by atoms with van der Waals surface area (Å²) in [4.78, 5) is 15.5. The Labute approximate surface area is 183 Å². The van der Waals surface area contributed by atoms with Crippen molar-refractivity contribution in [1.29, 1.82) is 0 Å². The van der Waals surface area contributed by atoms with Crippen molar-refractivity contribution in [2.45, 2.75) is 32.4 Å². The largest absolute Gasteiger partial charge is 0.381 e. The average Bonchev–Trinajstić information content (AvgIpc) is 3.15. The van der Waals surface area contributed by atoms with Crippen LogP contribution in [0.1, 0.15) is 26.7 Å². The zero-order valence-electron chi connectivity index (χ0n) is 18.3. The molecular weight excluding hydrogens is 390 g/mol. The van der Waals surface area contributed by atoms with Crippen molar-refractivity contribution < 1.29 is 9.53 Å². The number of nitrogens with zero attached hydrogens (tertiary/aromatic N) is 3. The number of carbonyl (C=O) groups is 1. The third-order valence-corrected chi connectivity index (χ3v) is 7.99. The van der Waals surface area contributed by atoms with Crippen molar-refractivity contribution in [2.24, 2.45) is 28.8 Å². The SMILES string of the molecule is CC1CN(CC2=C3C=CC=C[C@@H]32)CC1C1=NN2C(=CN[C@]2(C)C2CCOCC2)C(=O)N1. The maximum atomic E-state index is 13.0. The van der Waals surface area contributed by atoms with Gasteiger partial charge in [0, 0.05) is 56.8 Å². The van der Waals surface area contributed by atoms with Gasteiger partial charge in [0.15, 0.2) is 0 Å². The van der Waals surface area contributed by atoms with Crippen LogP contribution in [-0.4, -0.2) is 60.2 Å². The molecule has 2 unspecified atom stereocenters. The van der Waals surface area contributed by atoms with Gasteiger partial charge in [-0.1, -0.05) is 31.2 Å². The average molecular weight is 422 g/mol. The molecule has 2 fully saturated rings. The number of allylic oxidation sites excluding steroid dienone is 5. The molecule has 4 aliphatic heterocycles. The molecule has 0 radical (unpaired) electrons. The second-order valence-electron chi connectivity index (χ2n) is 9.94. The molecule has 7 nitrogen and oxygen atoms in total. The molecule has 0 saturated carbocycles. The normalized spacial score (nSPS) is 37.3. The fraction of sp³-hybridized carbons (Fsp3) is 0.583. The lowest BCUT2D eigenvalue weighted by Gasteiger charge is -2.44. The van der Waals surface area contributed by atoms with Crippen molar-refractivity contribution >= 4 is 11.7 Å². The fourth-order valence-corrected chi connectivity index (χ4v) is 5.99. The summed E-state index contributed by atoms with van der Waals surface area (Å²) < 4.78 is 5.57. The maximum Gasteiger partial charge on any atom is 0.276 e. The molecule has 7 heteroatoms. The zero-order valence-corrected chi connectivity index (χ0v) is 18.3. The Bertz CT molecular complexity index is 957. The predicted molar refractivity (Wildman–Crippen MR) is 118 cm³/mol. The Balaban J connectivity index is 1.20. The minimum absolute atomic E-state index is 0.0487. The van der Waals surface area contributed by atoms with Crippen molar-refractivity contribution in [1.82, 2.24) is 20.5 Å². The highest BCUT2D eigenvalue weighted by Crippen LogP contribution is 2.44. The molecule has 0 spiro atoms. The van der Waals surface area contributed by atoms with Crippen LogP contribution in [0.2, 0.25) is 0 Å². The van der Waals surface area contributed by atoms with Gasteiger partial charge in [-0.15, -0.1) is 0 Å². The van der Waals surface area contributed by atoms with Gasteiger partial charge < -0.3 is 15.4 Å². The van der Waals surface area contributed by atoms with Crippen molar-refractivity contribution in [3.8, 4) is 0 Å². The first kappa shape index (κ1) is 19.3. The molecule has 4 heterocycles. The lowest BCUT2D eigenvalue weighted by Crippen LogP contribution is -2.58. The molecule has 6 rings (SSSR count). The number of rotatable bonds is 4. The Hall–Kier alpha value is -2.38. The van der Waals surface area contributed by atoms with Crippen molar-refractivity contribution in [3.05, 3.63) is 47.3 Å². The minimum Gasteiger partial charge on any atom is -0.381 e. The summed E-state index contributed by atoms with van der Waals surface area (Å²) in [7, 11) is 0. The summed E-state index contributed by atoms with van der Waals surface area (Å²) in [6.07, 6.45) is 12.6. The van der Waals surface area contributed by atoms with Crippen molar-refractivity contribution in [3.63, 3.8) is 0 Å². The van der Waals surface area contributed by atoms with Crippen LogP contribution in [0.15, 0.2) is 52.4 Å². The number of nitrogens with one attached hydrogen (secondary N) is 2. The fourth-order valence-electron chi connectivity index (χ4n) is 5.99. The molecule has 2 aliphatic carbocycles. The number of carbonyl (C=O) groups excluding carboxylic acids is 1. The molecule has 2 N–H and O–H groups in total. The van der Waals surface area contributed by atoms with Gasteiger partial charge in [0.2, 0.25) is 0 Å². The minimum atomic E-state index is -0.376. The smallest absolute Gasteiger partial charge is 0.276 e. The van der Waals surface area contributed by atoms with Crippen LogP contribution in [-0.2, 0) is 9.53 Å². The number of hydrogen-bond acceptors (Lipinski definition) is 6. The number of ether oxygens (including phenoxy) is 1. The first-order valence-corrected chi connectivity index (χ1v) is 11.6. The first-order valence-electron chi connectivity index (χ1n) is 11.6. The molecule has 2 saturated heterocycles. The number of amidine groups is 1. The Morgan fingerprint density at radius 2 is 2.10 bits per heavy atom. The Morgan fingerprint density at radius 1 is 1.26 bits per heavy atom. The van der Waals surface area contributed by atoms with Crippen molar-refractivity contribution in [2.75, 3.05) is 32.8 Å². The number of hydrazone groups is 1. The lowest BCUT2D eigenvalue weighted by molar-refractivity contribution is -0.119. The van der Waals surface area contributed by atoms with Crippen LogP contribution in [0.3, 0.4) is 0 Å². The summed E-state index contributed by atoms with van der Waals surface area (Å²) in [5, 5.41) is 13.6. The summed E-state index contributed by atoms with van der Waals surface area (Å²) in [6, 6.07) is 0. The molecule has 31 heavy (non-hydrogen) atoms. The lowest BCUT2D eigenvalue weighted by atomic mass is 9.87. The Kier molecular flexibility index (Phi) is 4.40. The molecule has 0 bridgehead atoms. The highest BCUT2D eigenvalue weighted by Gasteiger charge is 2.49. The second-order valence-corrected chi connectivity index (χ2v) is 9.94. The topological polar surface area (TPSA) is 69.2 Å². The number of likely N-dealkylation sites (tertiary alicyclic amines) is 1. The van der Waals surface area contributed by atoms with Gasteiger partial charge in [0.05, 0.1) is 0 Å². The van der Waals surface area contributed by atoms with Gasteiger partial charge in [-0.05, 0) is 36.8 Å². The third kappa shape index (κ3) is 3.09. The van der Waals surface area contributed by atoms with Gasteiger partial charge in [-0.25, -0.2) is 5.01 Å². The number of hydrogen-bond donors (Lipinski definition) is 2. The number of amides is 1. The van der Waals surface area contributed by atoms with E-state index in [1.165, 1.54) is 5.57 Å². The van der Waals surface area contributed by atoms with E-state index in [0.717, 1.165) is 51.5 Å². The van der Waals surface area contributed by atoms with E-state index in [0.29, 0.717) is 23.5 Å². The van der Waals surface area contributed by atoms with Gasteiger partial charge >= 0.3 is 0 Å².